The molecule has 0 aliphatic carbocycles. The third-order valence-electron chi connectivity index (χ3n) is 12.8. The van der Waals surface area contributed by atoms with Crippen molar-refractivity contribution in [2.45, 2.75) is 63.8 Å². The molecule has 5 aliphatic heterocycles. The molecule has 17 nitrogen and oxygen atoms in total. The summed E-state index contributed by atoms with van der Waals surface area (Å²) in [5, 5.41) is 3.49. The minimum Gasteiger partial charge on any atom is -0.493 e. The Hall–Kier alpha value is -8.21. The molecular formula is C51H46N6O11. The van der Waals surface area contributed by atoms with Crippen LogP contribution in [-0.4, -0.2) is 86.7 Å². The molecule has 0 spiro atoms. The first-order valence-corrected chi connectivity index (χ1v) is 22.3. The van der Waals surface area contributed by atoms with E-state index >= 15 is 0 Å². The lowest BCUT2D eigenvalue weighted by Crippen LogP contribution is -2.42. The number of nitrogens with zero attached hydrogens (tertiary/aromatic N) is 5. The number of carbonyl (C=O) groups excluding carboxylic acids is 6. The number of anilines is 4. The van der Waals surface area contributed by atoms with Crippen molar-refractivity contribution in [3.05, 3.63) is 124 Å². The van der Waals surface area contributed by atoms with Gasteiger partial charge in [0.25, 0.3) is 23.6 Å². The maximum Gasteiger partial charge on any atom is 0.333 e. The predicted molar refractivity (Wildman–Crippen MR) is 249 cm³/mol. The van der Waals surface area contributed by atoms with E-state index in [1.165, 1.54) is 19.1 Å². The van der Waals surface area contributed by atoms with Crippen LogP contribution in [0.3, 0.4) is 0 Å². The number of aliphatic imine (C=N–C) groups is 1. The number of para-hydroxylation sites is 2. The van der Waals surface area contributed by atoms with Gasteiger partial charge in [-0.1, -0.05) is 36.4 Å². The number of fused-ring (bicyclic) bond motifs is 8. The van der Waals surface area contributed by atoms with Gasteiger partial charge in [-0.3, -0.25) is 38.8 Å². The molecule has 346 valence electrons. The van der Waals surface area contributed by atoms with E-state index in [-0.39, 0.29) is 61.8 Å². The minimum absolute atomic E-state index is 0.00648. The van der Waals surface area contributed by atoms with Gasteiger partial charge in [-0.05, 0) is 71.1 Å². The fourth-order valence-electron chi connectivity index (χ4n) is 9.34. The van der Waals surface area contributed by atoms with Crippen LogP contribution in [0.15, 0.2) is 96.0 Å². The molecule has 5 aromatic rings. The molecule has 10 rings (SSSR count). The molecule has 1 saturated heterocycles. The van der Waals surface area contributed by atoms with Crippen LogP contribution in [0.4, 0.5) is 28.4 Å². The van der Waals surface area contributed by atoms with Crippen LogP contribution in [0.2, 0.25) is 0 Å². The molecule has 1 fully saturated rings. The zero-order chi connectivity index (χ0) is 47.2. The van der Waals surface area contributed by atoms with Gasteiger partial charge < -0.3 is 34.0 Å². The van der Waals surface area contributed by atoms with E-state index in [9.17, 15) is 28.8 Å². The lowest BCUT2D eigenvalue weighted by atomic mass is 10.1. The van der Waals surface area contributed by atoms with E-state index in [1.54, 1.807) is 35.4 Å². The fourth-order valence-corrected chi connectivity index (χ4v) is 9.34. The van der Waals surface area contributed by atoms with Gasteiger partial charge in [-0.2, -0.15) is 0 Å². The van der Waals surface area contributed by atoms with Crippen molar-refractivity contribution in [1.82, 2.24) is 5.06 Å². The number of imide groups is 1. The number of hydrogen-bond donors (Lipinski definition) is 1. The largest absolute Gasteiger partial charge is 0.493 e. The normalized spacial score (nSPS) is 17.6. The Balaban J connectivity index is 0.901. The lowest BCUT2D eigenvalue weighted by molar-refractivity contribution is -0.197. The number of nitrogens with one attached hydrogen (secondary N) is 1. The number of rotatable bonds is 14. The number of methoxy groups -OCH3 is 2. The van der Waals surface area contributed by atoms with Crippen molar-refractivity contribution >= 4 is 70.2 Å². The van der Waals surface area contributed by atoms with Crippen LogP contribution in [0.1, 0.15) is 68.7 Å². The number of hydrogen-bond acceptors (Lipinski definition) is 13. The molecule has 17 heteroatoms. The van der Waals surface area contributed by atoms with Gasteiger partial charge in [0.15, 0.2) is 23.0 Å². The third kappa shape index (κ3) is 8.09. The molecule has 0 unspecified atom stereocenters. The Kier molecular flexibility index (Phi) is 11.5. The number of amides is 5. The fraction of sp³-hybridized carbons (Fsp3) is 0.275. The average Bonchev–Trinajstić information content (AvgIpc) is 3.98. The first-order valence-electron chi connectivity index (χ1n) is 22.3. The van der Waals surface area contributed by atoms with E-state index in [4.69, 9.17) is 28.8 Å². The Bertz CT molecular complexity index is 2950. The molecule has 1 N–H and O–H groups in total. The van der Waals surface area contributed by atoms with E-state index in [0.29, 0.717) is 76.5 Å². The summed E-state index contributed by atoms with van der Waals surface area (Å²) in [4.78, 5) is 93.3. The van der Waals surface area contributed by atoms with Gasteiger partial charge in [0.1, 0.15) is 19.3 Å². The molecule has 5 aromatic carbocycles. The second-order valence-corrected chi connectivity index (χ2v) is 17.1. The minimum atomic E-state index is -0.705. The van der Waals surface area contributed by atoms with Gasteiger partial charge in [0.05, 0.1) is 42.8 Å². The van der Waals surface area contributed by atoms with E-state index in [2.05, 4.69) is 5.32 Å². The van der Waals surface area contributed by atoms with Crippen molar-refractivity contribution in [1.29, 1.82) is 0 Å². The lowest BCUT2D eigenvalue weighted by Gasteiger charge is -2.23. The number of carbonyl (C=O) groups is 6. The Morgan fingerprint density at radius 3 is 2.00 bits per heavy atom. The van der Waals surface area contributed by atoms with E-state index < -0.39 is 23.8 Å². The van der Waals surface area contributed by atoms with Crippen molar-refractivity contribution < 1.29 is 52.6 Å². The topological polar surface area (TPSA) is 186 Å². The third-order valence-corrected chi connectivity index (χ3v) is 12.8. The molecule has 5 heterocycles. The highest BCUT2D eigenvalue weighted by atomic mass is 16.7. The first kappa shape index (κ1) is 43.7. The van der Waals surface area contributed by atoms with E-state index in [1.807, 2.05) is 78.7 Å². The Morgan fingerprint density at radius 1 is 0.721 bits per heavy atom. The standard InChI is InChI=1S/C51H46N6O11/c1-54(16-8-13-48(60)68-57-46(58)14-15-47(57)59)33-18-29(27-66-44-24-37-35(22-42(44)64-2)50(62)55-34(26-52-37)20-31-9-4-6-11-39(31)55)17-30(19-33)28-67-45-25-38-36(23-43(45)65-3)51(63)56-40-12-7-5-10-32(40)21-41(56)49(61)53-38/h4-7,9-12,17-19,22-26,34,41H,8,13-16,20-21,27-28H2,1-3H3,(H,53,61)/t34-,41-/m0/s1. The maximum atomic E-state index is 14.1. The summed E-state index contributed by atoms with van der Waals surface area (Å²) in [5.41, 5.74) is 7.16. The van der Waals surface area contributed by atoms with Crippen molar-refractivity contribution in [3.8, 4) is 23.0 Å². The highest BCUT2D eigenvalue weighted by Gasteiger charge is 2.43. The zero-order valence-corrected chi connectivity index (χ0v) is 37.5. The second kappa shape index (κ2) is 17.9. The molecule has 5 aliphatic rings. The Labute approximate surface area is 390 Å². The van der Waals surface area contributed by atoms with Crippen LogP contribution in [-0.2, 0) is 50.1 Å². The number of ether oxygens (including phenoxy) is 4. The highest BCUT2D eigenvalue weighted by Crippen LogP contribution is 2.43. The predicted octanol–water partition coefficient (Wildman–Crippen LogP) is 6.50. The quantitative estimate of drug-likeness (QED) is 0.120. The zero-order valence-electron chi connectivity index (χ0n) is 37.5. The van der Waals surface area contributed by atoms with Gasteiger partial charge in [-0.25, -0.2) is 4.79 Å². The van der Waals surface area contributed by atoms with Crippen LogP contribution < -0.4 is 39.0 Å². The van der Waals surface area contributed by atoms with E-state index in [0.717, 1.165) is 33.6 Å². The summed E-state index contributed by atoms with van der Waals surface area (Å²) in [6.07, 6.45) is 3.16. The van der Waals surface area contributed by atoms with Gasteiger partial charge in [0, 0.05) is 81.1 Å². The maximum absolute atomic E-state index is 14.1. The summed E-state index contributed by atoms with van der Waals surface area (Å²) in [5.74, 6) is -1.30. The molecule has 0 bridgehead atoms. The Morgan fingerprint density at radius 2 is 1.32 bits per heavy atom. The molecular weight excluding hydrogens is 873 g/mol. The monoisotopic (exact) mass is 918 g/mol. The first-order chi connectivity index (χ1) is 33.0. The number of hydroxylamine groups is 2. The summed E-state index contributed by atoms with van der Waals surface area (Å²) >= 11 is 0. The SMILES string of the molecule is COc1cc2c(cc1OCc1cc(COc3cc4c(cc3OC)C(=O)N3c5ccccc5C[C@H]3C(=O)N4)cc(N(C)CCCC(=O)ON3C(=O)CCC3=O)c1)N=C[C@@H]1Cc3ccccc3N1C2=O. The van der Waals surface area contributed by atoms with Crippen molar-refractivity contribution in [2.24, 2.45) is 4.99 Å². The molecule has 0 saturated carbocycles. The molecule has 68 heavy (non-hydrogen) atoms. The summed E-state index contributed by atoms with van der Waals surface area (Å²) in [7, 11) is 4.84. The highest BCUT2D eigenvalue weighted by molar-refractivity contribution is 6.20. The summed E-state index contributed by atoms with van der Waals surface area (Å²) in [6, 6.07) is 26.7. The molecule has 0 aromatic heterocycles. The molecule has 2 atom stereocenters. The molecule has 0 radical (unpaired) electrons. The smallest absolute Gasteiger partial charge is 0.333 e. The van der Waals surface area contributed by atoms with Crippen molar-refractivity contribution in [2.75, 3.05) is 47.8 Å². The second-order valence-electron chi connectivity index (χ2n) is 17.1. The summed E-state index contributed by atoms with van der Waals surface area (Å²) in [6.45, 7) is 0.479. The van der Waals surface area contributed by atoms with Crippen molar-refractivity contribution in [3.63, 3.8) is 0 Å². The number of benzene rings is 5. The van der Waals surface area contributed by atoms with Gasteiger partial charge >= 0.3 is 5.97 Å². The molecule has 5 amide bonds. The van der Waals surface area contributed by atoms with Crippen LogP contribution in [0, 0.1) is 0 Å². The van der Waals surface area contributed by atoms with Crippen LogP contribution in [0.5, 0.6) is 23.0 Å². The van der Waals surface area contributed by atoms with Crippen LogP contribution >= 0.6 is 0 Å². The van der Waals surface area contributed by atoms with Gasteiger partial charge in [-0.15, -0.1) is 5.06 Å². The van der Waals surface area contributed by atoms with Gasteiger partial charge in [0.2, 0.25) is 5.91 Å². The summed E-state index contributed by atoms with van der Waals surface area (Å²) < 4.78 is 24.3. The van der Waals surface area contributed by atoms with Crippen LogP contribution in [0.25, 0.3) is 0 Å². The average molecular weight is 919 g/mol.